The molecule has 1 atom stereocenters. The number of hydrogen-bond donors (Lipinski definition) is 1. The van der Waals surface area contributed by atoms with Crippen molar-refractivity contribution in [1.29, 1.82) is 5.26 Å². The molecule has 1 heterocycles. The first kappa shape index (κ1) is 11.7. The van der Waals surface area contributed by atoms with E-state index in [1.54, 1.807) is 7.11 Å². The number of benzene rings is 1. The second-order valence-electron chi connectivity index (χ2n) is 4.39. The fourth-order valence-corrected chi connectivity index (χ4v) is 2.20. The summed E-state index contributed by atoms with van der Waals surface area (Å²) in [4.78, 5) is 2.28. The van der Waals surface area contributed by atoms with Gasteiger partial charge in [-0.3, -0.25) is 0 Å². The Morgan fingerprint density at radius 2 is 2.35 bits per heavy atom. The van der Waals surface area contributed by atoms with Crippen LogP contribution in [0.5, 0.6) is 5.75 Å². The molecule has 1 aliphatic rings. The zero-order chi connectivity index (χ0) is 12.3. The highest BCUT2D eigenvalue weighted by atomic mass is 16.5. The van der Waals surface area contributed by atoms with Gasteiger partial charge in [-0.15, -0.1) is 0 Å². The summed E-state index contributed by atoms with van der Waals surface area (Å²) in [5, 5.41) is 12.5. The summed E-state index contributed by atoms with van der Waals surface area (Å²) in [6.45, 7) is 2.09. The van der Waals surface area contributed by atoms with Crippen molar-refractivity contribution in [3.8, 4) is 11.8 Å². The van der Waals surface area contributed by atoms with Crippen molar-refractivity contribution < 1.29 is 4.74 Å². The van der Waals surface area contributed by atoms with Crippen LogP contribution in [0.1, 0.15) is 12.0 Å². The fraction of sp³-hybridized carbons (Fsp3) is 0.462. The summed E-state index contributed by atoms with van der Waals surface area (Å²) >= 11 is 0. The molecule has 1 unspecified atom stereocenters. The van der Waals surface area contributed by atoms with Crippen molar-refractivity contribution in [1.82, 2.24) is 4.90 Å². The molecule has 17 heavy (non-hydrogen) atoms. The molecule has 1 fully saturated rings. The van der Waals surface area contributed by atoms with Crippen LogP contribution < -0.4 is 10.1 Å². The van der Waals surface area contributed by atoms with Crippen molar-refractivity contribution in [2.24, 2.45) is 0 Å². The van der Waals surface area contributed by atoms with Gasteiger partial charge < -0.3 is 15.0 Å². The van der Waals surface area contributed by atoms with E-state index in [0.29, 0.717) is 11.6 Å². The van der Waals surface area contributed by atoms with Gasteiger partial charge in [0.2, 0.25) is 0 Å². The van der Waals surface area contributed by atoms with Crippen LogP contribution in [0.2, 0.25) is 0 Å². The molecule has 0 spiro atoms. The third kappa shape index (κ3) is 2.51. The number of hydrogen-bond acceptors (Lipinski definition) is 4. The lowest BCUT2D eigenvalue weighted by atomic mass is 10.1. The van der Waals surface area contributed by atoms with E-state index in [9.17, 15) is 0 Å². The Bertz CT molecular complexity index is 439. The van der Waals surface area contributed by atoms with Crippen LogP contribution in [0.25, 0.3) is 0 Å². The topological polar surface area (TPSA) is 48.3 Å². The number of likely N-dealkylation sites (N-methyl/N-ethyl adjacent to an activating group) is 1. The van der Waals surface area contributed by atoms with Gasteiger partial charge >= 0.3 is 0 Å². The van der Waals surface area contributed by atoms with Crippen LogP contribution in [0.3, 0.4) is 0 Å². The number of para-hydroxylation sites is 1. The summed E-state index contributed by atoms with van der Waals surface area (Å²) in [6, 6.07) is 8.11. The maximum Gasteiger partial charge on any atom is 0.143 e. The summed E-state index contributed by atoms with van der Waals surface area (Å²) in [6.07, 6.45) is 1.10. The minimum absolute atomic E-state index is 0.392. The van der Waals surface area contributed by atoms with E-state index in [0.717, 1.165) is 30.9 Å². The maximum absolute atomic E-state index is 9.11. The normalized spacial score (nSPS) is 19.9. The minimum atomic E-state index is 0.392. The molecule has 0 bridgehead atoms. The van der Waals surface area contributed by atoms with Crippen molar-refractivity contribution in [2.75, 3.05) is 32.6 Å². The van der Waals surface area contributed by atoms with Crippen molar-refractivity contribution in [2.45, 2.75) is 12.5 Å². The lowest BCUT2D eigenvalue weighted by molar-refractivity contribution is 0.410. The van der Waals surface area contributed by atoms with Crippen LogP contribution in [0, 0.1) is 11.3 Å². The molecule has 2 rings (SSSR count). The van der Waals surface area contributed by atoms with E-state index in [1.807, 2.05) is 18.2 Å². The first-order valence-electron chi connectivity index (χ1n) is 5.76. The number of nitrogens with zero attached hydrogens (tertiary/aromatic N) is 2. The molecule has 0 radical (unpaired) electrons. The highest BCUT2D eigenvalue weighted by molar-refractivity contribution is 5.66. The summed E-state index contributed by atoms with van der Waals surface area (Å²) in [5.74, 6) is 0.735. The van der Waals surface area contributed by atoms with E-state index in [4.69, 9.17) is 10.00 Å². The first-order valence-corrected chi connectivity index (χ1v) is 5.76. The van der Waals surface area contributed by atoms with Crippen LogP contribution >= 0.6 is 0 Å². The van der Waals surface area contributed by atoms with E-state index in [1.165, 1.54) is 0 Å². The third-order valence-corrected chi connectivity index (χ3v) is 3.11. The van der Waals surface area contributed by atoms with Crippen molar-refractivity contribution in [3.63, 3.8) is 0 Å². The molecular weight excluding hydrogens is 214 g/mol. The Hall–Kier alpha value is -1.73. The number of anilines is 1. The Balaban J connectivity index is 2.22. The highest BCUT2D eigenvalue weighted by Crippen LogP contribution is 2.29. The molecule has 4 heteroatoms. The quantitative estimate of drug-likeness (QED) is 0.860. The monoisotopic (exact) mass is 231 g/mol. The van der Waals surface area contributed by atoms with Gasteiger partial charge in [0, 0.05) is 12.6 Å². The number of methoxy groups -OCH3 is 1. The van der Waals surface area contributed by atoms with Gasteiger partial charge in [0.05, 0.1) is 18.4 Å². The highest BCUT2D eigenvalue weighted by Gasteiger charge is 2.21. The fourth-order valence-electron chi connectivity index (χ4n) is 2.20. The van der Waals surface area contributed by atoms with Gasteiger partial charge in [0.1, 0.15) is 11.8 Å². The summed E-state index contributed by atoms with van der Waals surface area (Å²) in [5.41, 5.74) is 1.46. The van der Waals surface area contributed by atoms with Gasteiger partial charge in [-0.1, -0.05) is 6.07 Å². The molecule has 0 saturated carbocycles. The van der Waals surface area contributed by atoms with Gasteiger partial charge in [0.15, 0.2) is 0 Å². The van der Waals surface area contributed by atoms with E-state index < -0.39 is 0 Å². The van der Waals surface area contributed by atoms with Crippen LogP contribution in [0.15, 0.2) is 18.2 Å². The minimum Gasteiger partial charge on any atom is -0.495 e. The zero-order valence-electron chi connectivity index (χ0n) is 10.2. The smallest absolute Gasteiger partial charge is 0.143 e. The Morgan fingerprint density at radius 1 is 1.53 bits per heavy atom. The number of nitriles is 1. The molecular formula is C13H17N3O. The van der Waals surface area contributed by atoms with Gasteiger partial charge in [-0.25, -0.2) is 0 Å². The lowest BCUT2D eigenvalue weighted by Crippen LogP contribution is -2.24. The third-order valence-electron chi connectivity index (χ3n) is 3.11. The number of nitrogens with one attached hydrogen (secondary N) is 1. The average Bonchev–Trinajstić information content (AvgIpc) is 2.75. The molecule has 1 aromatic rings. The molecule has 1 saturated heterocycles. The predicted molar refractivity (Wildman–Crippen MR) is 67.2 cm³/mol. The van der Waals surface area contributed by atoms with Crippen molar-refractivity contribution >= 4 is 5.69 Å². The number of likely N-dealkylation sites (tertiary alicyclic amines) is 1. The predicted octanol–water partition coefficient (Wildman–Crippen LogP) is 1.68. The van der Waals surface area contributed by atoms with Gasteiger partial charge in [0.25, 0.3) is 0 Å². The molecule has 1 N–H and O–H groups in total. The number of ether oxygens (including phenoxy) is 1. The average molecular weight is 231 g/mol. The molecule has 90 valence electrons. The van der Waals surface area contributed by atoms with Crippen molar-refractivity contribution in [3.05, 3.63) is 23.8 Å². The van der Waals surface area contributed by atoms with Crippen LogP contribution in [0.4, 0.5) is 5.69 Å². The van der Waals surface area contributed by atoms with E-state index >= 15 is 0 Å². The van der Waals surface area contributed by atoms with E-state index in [2.05, 4.69) is 23.3 Å². The summed E-state index contributed by atoms with van der Waals surface area (Å²) in [7, 11) is 3.73. The van der Waals surface area contributed by atoms with E-state index in [-0.39, 0.29) is 0 Å². The van der Waals surface area contributed by atoms with Crippen LogP contribution in [-0.2, 0) is 0 Å². The molecule has 0 amide bonds. The second kappa shape index (κ2) is 5.07. The standard InChI is InChI=1S/C13H17N3O/c1-16-7-6-11(9-16)15-13-10(8-14)4-3-5-12(13)17-2/h3-5,11,15H,6-7,9H2,1-2H3. The molecule has 1 aromatic carbocycles. The second-order valence-corrected chi connectivity index (χ2v) is 4.39. The van der Waals surface area contributed by atoms with Crippen LogP contribution in [-0.4, -0.2) is 38.2 Å². The Labute approximate surface area is 102 Å². The molecule has 0 aromatic heterocycles. The molecule has 0 aliphatic carbocycles. The molecule has 4 nitrogen and oxygen atoms in total. The zero-order valence-corrected chi connectivity index (χ0v) is 10.2. The van der Waals surface area contributed by atoms with Gasteiger partial charge in [-0.05, 0) is 32.1 Å². The Kier molecular flexibility index (Phi) is 3.50. The molecule has 1 aliphatic heterocycles. The maximum atomic E-state index is 9.11. The Morgan fingerprint density at radius 3 is 2.94 bits per heavy atom. The van der Waals surface area contributed by atoms with Gasteiger partial charge in [-0.2, -0.15) is 5.26 Å². The SMILES string of the molecule is COc1cccc(C#N)c1NC1CCN(C)C1. The number of rotatable bonds is 3. The summed E-state index contributed by atoms with van der Waals surface area (Å²) < 4.78 is 5.30. The lowest BCUT2D eigenvalue weighted by Gasteiger charge is -2.17. The largest absolute Gasteiger partial charge is 0.495 e. The first-order chi connectivity index (χ1) is 8.24.